The summed E-state index contributed by atoms with van der Waals surface area (Å²) in [4.78, 5) is 41.2. The standard InChI is InChI=1S/C31H37FN2O5/c32-26-14-12-23(13-15-26)17-25-10-5-4-9-24(30(37)34-16-6-11-28(34)21-39-31(25)38)19-29(36)33-27(20-35)18-22-7-2-1-3-8-22/h1-5,7-8,12-15,24-25,27-28,35H,6,9-11,16-21H2,(H,33,36)/b5-4-/t24-,25-,27-,28-/m0/s1. The lowest BCUT2D eigenvalue weighted by molar-refractivity contribution is -0.152. The summed E-state index contributed by atoms with van der Waals surface area (Å²) in [6.45, 7) is 0.486. The smallest absolute Gasteiger partial charge is 0.309 e. The first-order chi connectivity index (χ1) is 18.9. The Bertz CT molecular complexity index is 1140. The van der Waals surface area contributed by atoms with Crippen molar-refractivity contribution in [2.24, 2.45) is 11.8 Å². The van der Waals surface area contributed by atoms with Gasteiger partial charge in [0.15, 0.2) is 0 Å². The Morgan fingerprint density at radius 3 is 2.46 bits per heavy atom. The predicted molar refractivity (Wildman–Crippen MR) is 145 cm³/mol. The average Bonchev–Trinajstić information content (AvgIpc) is 3.41. The quantitative estimate of drug-likeness (QED) is 0.397. The van der Waals surface area contributed by atoms with Crippen LogP contribution in [-0.4, -0.2) is 59.6 Å². The molecule has 2 amide bonds. The van der Waals surface area contributed by atoms with Gasteiger partial charge in [-0.25, -0.2) is 4.39 Å². The Kier molecular flexibility index (Phi) is 10.3. The zero-order valence-electron chi connectivity index (χ0n) is 22.1. The molecule has 2 N–H and O–H groups in total. The van der Waals surface area contributed by atoms with Gasteiger partial charge in [0.2, 0.25) is 11.8 Å². The molecule has 0 aromatic heterocycles. The minimum atomic E-state index is -0.552. The summed E-state index contributed by atoms with van der Waals surface area (Å²) in [5.41, 5.74) is 1.85. The highest BCUT2D eigenvalue weighted by atomic mass is 19.1. The molecular weight excluding hydrogens is 499 g/mol. The molecule has 0 spiro atoms. The molecule has 2 aliphatic heterocycles. The summed E-state index contributed by atoms with van der Waals surface area (Å²) in [7, 11) is 0. The second-order valence-electron chi connectivity index (χ2n) is 10.5. The number of allylic oxidation sites excluding steroid dienone is 2. The molecule has 1 saturated heterocycles. The monoisotopic (exact) mass is 536 g/mol. The van der Waals surface area contributed by atoms with Gasteiger partial charge in [0, 0.05) is 13.0 Å². The van der Waals surface area contributed by atoms with Gasteiger partial charge in [0.25, 0.3) is 0 Å². The van der Waals surface area contributed by atoms with Gasteiger partial charge in [0.05, 0.1) is 30.5 Å². The van der Waals surface area contributed by atoms with Crippen LogP contribution in [0.2, 0.25) is 0 Å². The van der Waals surface area contributed by atoms with E-state index >= 15 is 0 Å². The van der Waals surface area contributed by atoms with E-state index in [4.69, 9.17) is 4.74 Å². The number of nitrogens with zero attached hydrogens (tertiary/aromatic N) is 1. The van der Waals surface area contributed by atoms with Crippen molar-refractivity contribution in [3.05, 3.63) is 83.7 Å². The molecule has 0 aliphatic carbocycles. The number of rotatable bonds is 8. The number of ether oxygens (including phenoxy) is 1. The zero-order chi connectivity index (χ0) is 27.6. The van der Waals surface area contributed by atoms with E-state index in [0.29, 0.717) is 32.2 Å². The van der Waals surface area contributed by atoms with Crippen molar-refractivity contribution >= 4 is 17.8 Å². The number of aliphatic hydroxyl groups is 1. The van der Waals surface area contributed by atoms with E-state index in [2.05, 4.69) is 5.32 Å². The van der Waals surface area contributed by atoms with Crippen LogP contribution >= 0.6 is 0 Å². The van der Waals surface area contributed by atoms with Crippen molar-refractivity contribution in [3.63, 3.8) is 0 Å². The molecule has 0 bridgehead atoms. The van der Waals surface area contributed by atoms with Gasteiger partial charge in [0.1, 0.15) is 12.4 Å². The average molecular weight is 537 g/mol. The number of carbonyl (C=O) groups excluding carboxylic acids is 3. The van der Waals surface area contributed by atoms with Crippen molar-refractivity contribution in [2.45, 2.75) is 57.0 Å². The molecule has 2 heterocycles. The highest BCUT2D eigenvalue weighted by Gasteiger charge is 2.35. The van der Waals surface area contributed by atoms with E-state index in [1.54, 1.807) is 17.0 Å². The molecule has 7 nitrogen and oxygen atoms in total. The normalized spacial score (nSPS) is 23.6. The molecule has 0 radical (unpaired) electrons. The third kappa shape index (κ3) is 8.23. The fourth-order valence-corrected chi connectivity index (χ4v) is 5.36. The summed E-state index contributed by atoms with van der Waals surface area (Å²) in [6, 6.07) is 15.1. The number of hydrogen-bond acceptors (Lipinski definition) is 5. The van der Waals surface area contributed by atoms with Crippen LogP contribution in [0, 0.1) is 17.7 Å². The summed E-state index contributed by atoms with van der Waals surface area (Å²) >= 11 is 0. The van der Waals surface area contributed by atoms with Crippen molar-refractivity contribution in [3.8, 4) is 0 Å². The number of halogens is 1. The number of carbonyl (C=O) groups is 3. The van der Waals surface area contributed by atoms with E-state index in [1.807, 2.05) is 42.5 Å². The molecule has 0 unspecified atom stereocenters. The largest absolute Gasteiger partial charge is 0.463 e. The maximum absolute atomic E-state index is 13.5. The summed E-state index contributed by atoms with van der Waals surface area (Å²) in [5, 5.41) is 12.7. The first-order valence-corrected chi connectivity index (χ1v) is 13.7. The number of cyclic esters (lactones) is 1. The van der Waals surface area contributed by atoms with Gasteiger partial charge in [-0.15, -0.1) is 0 Å². The SMILES string of the molecule is O=C(C[C@@H]1C/C=C\C[C@@H](Cc2ccc(F)cc2)C(=O)OC[C@@H]2CCCN2C1=O)N[C@H](CO)Cc1ccccc1. The first-order valence-electron chi connectivity index (χ1n) is 13.7. The van der Waals surface area contributed by atoms with Crippen LogP contribution in [0.5, 0.6) is 0 Å². The molecular formula is C31H37FN2O5. The summed E-state index contributed by atoms with van der Waals surface area (Å²) < 4.78 is 19.0. The Balaban J connectivity index is 1.44. The maximum Gasteiger partial charge on any atom is 0.309 e. The fourth-order valence-electron chi connectivity index (χ4n) is 5.36. The number of esters is 1. The van der Waals surface area contributed by atoms with Crippen molar-refractivity contribution < 1.29 is 28.6 Å². The Hall–Kier alpha value is -3.52. The number of hydrogen-bond donors (Lipinski definition) is 2. The Morgan fingerprint density at radius 1 is 1.03 bits per heavy atom. The van der Waals surface area contributed by atoms with E-state index < -0.39 is 17.9 Å². The number of nitrogens with one attached hydrogen (secondary N) is 1. The number of aliphatic hydroxyl groups excluding tert-OH is 1. The van der Waals surface area contributed by atoms with E-state index in [-0.39, 0.29) is 49.3 Å². The second-order valence-corrected chi connectivity index (χ2v) is 10.5. The third-order valence-electron chi connectivity index (χ3n) is 7.51. The van der Waals surface area contributed by atoms with E-state index in [1.165, 1.54) is 12.1 Å². The van der Waals surface area contributed by atoms with Crippen LogP contribution < -0.4 is 5.32 Å². The van der Waals surface area contributed by atoms with Gasteiger partial charge < -0.3 is 20.1 Å². The molecule has 208 valence electrons. The zero-order valence-corrected chi connectivity index (χ0v) is 22.1. The van der Waals surface area contributed by atoms with Gasteiger partial charge in [-0.05, 0) is 61.8 Å². The van der Waals surface area contributed by atoms with Crippen molar-refractivity contribution in [2.75, 3.05) is 19.8 Å². The minimum absolute atomic E-state index is 0.0104. The lowest BCUT2D eigenvalue weighted by atomic mass is 9.94. The molecule has 4 rings (SSSR count). The molecule has 1 fully saturated rings. The maximum atomic E-state index is 13.5. The highest BCUT2D eigenvalue weighted by Crippen LogP contribution is 2.25. The molecule has 4 atom stereocenters. The molecule has 39 heavy (non-hydrogen) atoms. The van der Waals surface area contributed by atoms with Crippen LogP contribution in [0.25, 0.3) is 0 Å². The number of fused-ring (bicyclic) bond motifs is 1. The molecule has 8 heteroatoms. The number of benzene rings is 2. The van der Waals surface area contributed by atoms with Crippen LogP contribution in [0.15, 0.2) is 66.7 Å². The molecule has 0 saturated carbocycles. The molecule has 2 aliphatic rings. The fraction of sp³-hybridized carbons (Fsp3) is 0.452. The number of amides is 2. The summed E-state index contributed by atoms with van der Waals surface area (Å²) in [6.07, 6.45) is 6.99. The van der Waals surface area contributed by atoms with Gasteiger partial charge in [-0.2, -0.15) is 0 Å². The van der Waals surface area contributed by atoms with Crippen LogP contribution in [0.4, 0.5) is 4.39 Å². The van der Waals surface area contributed by atoms with Gasteiger partial charge in [-0.1, -0.05) is 54.6 Å². The molecule has 2 aromatic carbocycles. The minimum Gasteiger partial charge on any atom is -0.463 e. The third-order valence-corrected chi connectivity index (χ3v) is 7.51. The van der Waals surface area contributed by atoms with Crippen LogP contribution in [0.1, 0.15) is 43.2 Å². The van der Waals surface area contributed by atoms with E-state index in [9.17, 15) is 23.9 Å². The van der Waals surface area contributed by atoms with Gasteiger partial charge >= 0.3 is 5.97 Å². The summed E-state index contributed by atoms with van der Waals surface area (Å²) in [5.74, 6) is -2.02. The van der Waals surface area contributed by atoms with Crippen LogP contribution in [-0.2, 0) is 32.0 Å². The van der Waals surface area contributed by atoms with Crippen molar-refractivity contribution in [1.82, 2.24) is 10.2 Å². The van der Waals surface area contributed by atoms with Gasteiger partial charge in [-0.3, -0.25) is 14.4 Å². The molecule has 2 aromatic rings. The highest BCUT2D eigenvalue weighted by molar-refractivity contribution is 5.86. The van der Waals surface area contributed by atoms with Crippen LogP contribution in [0.3, 0.4) is 0 Å². The van der Waals surface area contributed by atoms with E-state index in [0.717, 1.165) is 24.0 Å². The predicted octanol–water partition coefficient (Wildman–Crippen LogP) is 3.59. The van der Waals surface area contributed by atoms with Crippen molar-refractivity contribution in [1.29, 1.82) is 0 Å². The topological polar surface area (TPSA) is 95.9 Å². The second kappa shape index (κ2) is 14.0. The first kappa shape index (κ1) is 28.5. The lowest BCUT2D eigenvalue weighted by Crippen LogP contribution is -2.45. The lowest BCUT2D eigenvalue weighted by Gasteiger charge is -2.29. The Labute approximate surface area is 229 Å². The Morgan fingerprint density at radius 2 is 1.74 bits per heavy atom.